The topological polar surface area (TPSA) is 96.0 Å². The van der Waals surface area contributed by atoms with E-state index in [4.69, 9.17) is 16.3 Å². The molecule has 1 heterocycles. The van der Waals surface area contributed by atoms with Crippen LogP contribution < -0.4 is 15.0 Å². The second-order valence-electron chi connectivity index (χ2n) is 9.92. The highest BCUT2D eigenvalue weighted by atomic mass is 35.5. The van der Waals surface area contributed by atoms with E-state index in [0.29, 0.717) is 29.4 Å². The van der Waals surface area contributed by atoms with E-state index < -0.39 is 46.8 Å². The number of carbonyl (C=O) groups is 2. The highest BCUT2D eigenvalue weighted by molar-refractivity contribution is 7.89. The van der Waals surface area contributed by atoms with Crippen molar-refractivity contribution in [3.05, 3.63) is 125 Å². The molecular weight excluding hydrogens is 593 g/mol. The number of sulfonamides is 1. The zero-order valence-corrected chi connectivity index (χ0v) is 24.6. The van der Waals surface area contributed by atoms with Crippen LogP contribution in [0.15, 0.2) is 108 Å². The SMILES string of the molecule is O=C(NCCc1ccccc1)[C@H]1CN(C(=O)CN(Cc2ccccc2F)S(=O)(=O)c2ccc(Cl)cc2)c2ccccc2O1. The van der Waals surface area contributed by atoms with Crippen LogP contribution in [0, 0.1) is 5.82 Å². The average molecular weight is 622 g/mol. The summed E-state index contributed by atoms with van der Waals surface area (Å²) in [5.41, 5.74) is 1.56. The largest absolute Gasteiger partial charge is 0.477 e. The van der Waals surface area contributed by atoms with Gasteiger partial charge in [-0.1, -0.05) is 72.3 Å². The van der Waals surface area contributed by atoms with Gasteiger partial charge < -0.3 is 15.0 Å². The van der Waals surface area contributed by atoms with Crippen molar-refractivity contribution >= 4 is 39.1 Å². The maximum atomic E-state index is 14.6. The van der Waals surface area contributed by atoms with Crippen molar-refractivity contribution in [3.63, 3.8) is 0 Å². The summed E-state index contributed by atoms with van der Waals surface area (Å²) >= 11 is 5.96. The Kier molecular flexibility index (Phi) is 9.40. The molecule has 1 aliphatic heterocycles. The van der Waals surface area contributed by atoms with Crippen molar-refractivity contribution in [2.24, 2.45) is 0 Å². The molecule has 4 aromatic carbocycles. The molecule has 43 heavy (non-hydrogen) atoms. The van der Waals surface area contributed by atoms with Gasteiger partial charge in [0.2, 0.25) is 15.9 Å². The molecule has 11 heteroatoms. The van der Waals surface area contributed by atoms with Crippen LogP contribution in [0.2, 0.25) is 5.02 Å². The Hall–Kier alpha value is -4.25. The lowest BCUT2D eigenvalue weighted by Gasteiger charge is -2.35. The zero-order valence-electron chi connectivity index (χ0n) is 23.0. The molecule has 4 aromatic rings. The van der Waals surface area contributed by atoms with E-state index in [1.54, 1.807) is 30.3 Å². The number of anilines is 1. The molecule has 1 aliphatic rings. The lowest BCUT2D eigenvalue weighted by molar-refractivity contribution is -0.128. The maximum Gasteiger partial charge on any atom is 0.262 e. The van der Waals surface area contributed by atoms with Gasteiger partial charge in [-0.25, -0.2) is 12.8 Å². The molecule has 0 saturated carbocycles. The number of rotatable bonds is 10. The number of para-hydroxylation sites is 2. The van der Waals surface area contributed by atoms with Crippen molar-refractivity contribution in [2.75, 3.05) is 24.5 Å². The number of fused-ring (bicyclic) bond motifs is 1. The van der Waals surface area contributed by atoms with Crippen LogP contribution in [0.25, 0.3) is 0 Å². The van der Waals surface area contributed by atoms with Crippen LogP contribution in [0.1, 0.15) is 11.1 Å². The second-order valence-corrected chi connectivity index (χ2v) is 12.3. The number of nitrogens with one attached hydrogen (secondary N) is 1. The van der Waals surface area contributed by atoms with E-state index >= 15 is 0 Å². The molecule has 8 nitrogen and oxygen atoms in total. The lowest BCUT2D eigenvalue weighted by Crippen LogP contribution is -2.53. The van der Waals surface area contributed by atoms with Gasteiger partial charge in [0.05, 0.1) is 23.7 Å². The molecule has 0 bridgehead atoms. The Morgan fingerprint density at radius 3 is 2.35 bits per heavy atom. The van der Waals surface area contributed by atoms with Crippen molar-refractivity contribution < 1.29 is 27.1 Å². The summed E-state index contributed by atoms with van der Waals surface area (Å²) in [5, 5.41) is 3.20. The molecule has 0 unspecified atom stereocenters. The summed E-state index contributed by atoms with van der Waals surface area (Å²) in [5.74, 6) is -1.30. The number of halogens is 2. The summed E-state index contributed by atoms with van der Waals surface area (Å²) in [7, 11) is -4.26. The first-order valence-corrected chi connectivity index (χ1v) is 15.4. The number of hydrogen-bond acceptors (Lipinski definition) is 5. The summed E-state index contributed by atoms with van der Waals surface area (Å²) in [6.07, 6.45) is -0.408. The van der Waals surface area contributed by atoms with E-state index in [0.717, 1.165) is 9.87 Å². The molecular formula is C32H29ClFN3O5S. The highest BCUT2D eigenvalue weighted by Gasteiger charge is 2.36. The van der Waals surface area contributed by atoms with E-state index in [2.05, 4.69) is 5.32 Å². The monoisotopic (exact) mass is 621 g/mol. The standard InChI is InChI=1S/C32H29ClFN3O5S/c33-25-14-16-26(17-15-25)43(40,41)36(20-24-10-4-5-11-27(24)34)22-31(38)37-21-30(42-29-13-7-6-12-28(29)37)32(39)35-19-18-23-8-2-1-3-9-23/h1-17,30H,18-22H2,(H,35,39)/t30-/m1/s1. The molecule has 5 rings (SSSR count). The smallest absolute Gasteiger partial charge is 0.262 e. The number of amides is 2. The van der Waals surface area contributed by atoms with Gasteiger partial charge in [0, 0.05) is 23.7 Å². The normalized spacial score (nSPS) is 14.6. The molecule has 0 saturated heterocycles. The molecule has 1 N–H and O–H groups in total. The molecule has 0 radical (unpaired) electrons. The zero-order chi connectivity index (χ0) is 30.4. The highest BCUT2D eigenvalue weighted by Crippen LogP contribution is 2.34. The Morgan fingerprint density at radius 1 is 0.930 bits per heavy atom. The van der Waals surface area contributed by atoms with E-state index in [9.17, 15) is 22.4 Å². The summed E-state index contributed by atoms with van der Waals surface area (Å²) < 4.78 is 49.0. The van der Waals surface area contributed by atoms with Gasteiger partial charge in [-0.3, -0.25) is 9.59 Å². The number of hydrogen-bond donors (Lipinski definition) is 1. The predicted octanol–water partition coefficient (Wildman–Crippen LogP) is 4.82. The third-order valence-corrected chi connectivity index (χ3v) is 9.05. The van der Waals surface area contributed by atoms with Crippen LogP contribution >= 0.6 is 11.6 Å². The molecule has 1 atom stereocenters. The Morgan fingerprint density at radius 2 is 1.60 bits per heavy atom. The number of ether oxygens (including phenoxy) is 1. The fourth-order valence-corrected chi connectivity index (χ4v) is 6.22. The number of carbonyl (C=O) groups excluding carboxylic acids is 2. The first-order valence-electron chi connectivity index (χ1n) is 13.6. The predicted molar refractivity (Wildman–Crippen MR) is 162 cm³/mol. The molecule has 0 aliphatic carbocycles. The van der Waals surface area contributed by atoms with Gasteiger partial charge in [-0.2, -0.15) is 4.31 Å². The third kappa shape index (κ3) is 7.22. The van der Waals surface area contributed by atoms with Crippen LogP contribution in [-0.4, -0.2) is 50.3 Å². The third-order valence-electron chi connectivity index (χ3n) is 6.99. The minimum absolute atomic E-state index is 0.0981. The first-order chi connectivity index (χ1) is 20.7. The van der Waals surface area contributed by atoms with Gasteiger partial charge in [-0.05, 0) is 54.4 Å². The van der Waals surface area contributed by atoms with Gasteiger partial charge in [-0.15, -0.1) is 0 Å². The number of benzene rings is 4. The van der Waals surface area contributed by atoms with Gasteiger partial charge in [0.25, 0.3) is 5.91 Å². The Labute approximate surface area is 254 Å². The molecule has 0 aromatic heterocycles. The van der Waals surface area contributed by atoms with E-state index in [-0.39, 0.29) is 17.0 Å². The lowest BCUT2D eigenvalue weighted by atomic mass is 10.1. The second kappa shape index (κ2) is 13.4. The molecule has 222 valence electrons. The Bertz CT molecular complexity index is 1700. The Balaban J connectivity index is 1.38. The fraction of sp³-hybridized carbons (Fsp3) is 0.188. The number of nitrogens with zero attached hydrogens (tertiary/aromatic N) is 2. The van der Waals surface area contributed by atoms with E-state index in [1.807, 2.05) is 30.3 Å². The van der Waals surface area contributed by atoms with Gasteiger partial charge >= 0.3 is 0 Å². The van der Waals surface area contributed by atoms with Crippen molar-refractivity contribution in [1.82, 2.24) is 9.62 Å². The minimum Gasteiger partial charge on any atom is -0.477 e. The van der Waals surface area contributed by atoms with Crippen molar-refractivity contribution in [3.8, 4) is 5.75 Å². The minimum atomic E-state index is -4.26. The van der Waals surface area contributed by atoms with Gasteiger partial charge in [0.15, 0.2) is 6.10 Å². The van der Waals surface area contributed by atoms with Crippen molar-refractivity contribution in [1.29, 1.82) is 0 Å². The average Bonchev–Trinajstić information content (AvgIpc) is 3.01. The molecule has 0 fully saturated rings. The molecule has 0 spiro atoms. The summed E-state index contributed by atoms with van der Waals surface area (Å²) in [6.45, 7) is -0.773. The summed E-state index contributed by atoms with van der Waals surface area (Å²) in [6, 6.07) is 27.7. The van der Waals surface area contributed by atoms with Crippen LogP contribution in [0.5, 0.6) is 5.75 Å². The van der Waals surface area contributed by atoms with Crippen LogP contribution in [0.3, 0.4) is 0 Å². The quantitative estimate of drug-likeness (QED) is 0.274. The first kappa shape index (κ1) is 30.2. The summed E-state index contributed by atoms with van der Waals surface area (Å²) in [4.78, 5) is 28.2. The van der Waals surface area contributed by atoms with Gasteiger partial charge in [0.1, 0.15) is 11.6 Å². The van der Waals surface area contributed by atoms with Crippen LogP contribution in [0.4, 0.5) is 10.1 Å². The van der Waals surface area contributed by atoms with Crippen molar-refractivity contribution in [2.45, 2.75) is 24.0 Å². The fourth-order valence-electron chi connectivity index (χ4n) is 4.73. The van der Waals surface area contributed by atoms with Crippen LogP contribution in [-0.2, 0) is 32.6 Å². The van der Waals surface area contributed by atoms with E-state index in [1.165, 1.54) is 47.4 Å². The molecule has 2 amide bonds. The maximum absolute atomic E-state index is 14.6.